The molecule has 0 aromatic carbocycles. The quantitative estimate of drug-likeness (QED) is 0.801. The Balaban J connectivity index is 2.08. The Morgan fingerprint density at radius 1 is 1.53 bits per heavy atom. The van der Waals surface area contributed by atoms with Gasteiger partial charge in [0.2, 0.25) is 0 Å². The van der Waals surface area contributed by atoms with Gasteiger partial charge in [0.05, 0.1) is 5.51 Å². The van der Waals surface area contributed by atoms with Crippen LogP contribution >= 0.6 is 11.3 Å². The molecule has 0 radical (unpaired) electrons. The summed E-state index contributed by atoms with van der Waals surface area (Å²) in [5, 5.41) is 13.1. The van der Waals surface area contributed by atoms with Crippen LogP contribution in [0.1, 0.15) is 29.8 Å². The van der Waals surface area contributed by atoms with E-state index in [2.05, 4.69) is 10.3 Å². The van der Waals surface area contributed by atoms with Gasteiger partial charge in [-0.05, 0) is 19.3 Å². The van der Waals surface area contributed by atoms with E-state index in [0.717, 1.165) is 6.42 Å². The topological polar surface area (TPSA) is 79.3 Å². The molecule has 1 aliphatic rings. The molecule has 0 atom stereocenters. The van der Waals surface area contributed by atoms with Crippen molar-refractivity contribution in [1.29, 1.82) is 0 Å². The molecule has 1 aromatic rings. The first-order valence-corrected chi connectivity index (χ1v) is 5.52. The molecule has 1 fully saturated rings. The van der Waals surface area contributed by atoms with Crippen molar-refractivity contribution in [3.63, 3.8) is 0 Å². The third kappa shape index (κ3) is 1.72. The van der Waals surface area contributed by atoms with E-state index in [1.165, 1.54) is 11.3 Å². The lowest BCUT2D eigenvalue weighted by atomic mass is 9.76. The fraction of sp³-hybridized carbons (Fsp3) is 0.444. The first kappa shape index (κ1) is 10.1. The zero-order valence-electron chi connectivity index (χ0n) is 7.90. The lowest BCUT2D eigenvalue weighted by molar-refractivity contribution is -0.148. The van der Waals surface area contributed by atoms with Crippen molar-refractivity contribution in [1.82, 2.24) is 10.3 Å². The minimum Gasteiger partial charge on any atom is -0.480 e. The Labute approximate surface area is 90.1 Å². The first-order chi connectivity index (χ1) is 7.14. The van der Waals surface area contributed by atoms with E-state index in [0.29, 0.717) is 12.8 Å². The third-order valence-corrected chi connectivity index (χ3v) is 3.22. The average Bonchev–Trinajstić information content (AvgIpc) is 2.62. The number of carbonyl (C=O) groups is 2. The van der Waals surface area contributed by atoms with Crippen LogP contribution in [-0.4, -0.2) is 27.5 Å². The van der Waals surface area contributed by atoms with Crippen molar-refractivity contribution >= 4 is 23.2 Å². The molecule has 0 spiro atoms. The number of carboxylic acid groups (broad SMARTS) is 1. The van der Waals surface area contributed by atoms with Crippen LogP contribution in [0.4, 0.5) is 0 Å². The molecular weight excluding hydrogens is 216 g/mol. The predicted molar refractivity (Wildman–Crippen MR) is 53.8 cm³/mol. The van der Waals surface area contributed by atoms with Gasteiger partial charge in [0.15, 0.2) is 0 Å². The number of rotatable bonds is 3. The highest BCUT2D eigenvalue weighted by Crippen LogP contribution is 2.32. The monoisotopic (exact) mass is 226 g/mol. The van der Waals surface area contributed by atoms with Crippen molar-refractivity contribution in [2.75, 3.05) is 0 Å². The van der Waals surface area contributed by atoms with Crippen molar-refractivity contribution in [3.8, 4) is 0 Å². The van der Waals surface area contributed by atoms with E-state index in [1.54, 1.807) is 10.9 Å². The molecule has 2 N–H and O–H groups in total. The highest BCUT2D eigenvalue weighted by Gasteiger charge is 2.45. The number of hydrogen-bond donors (Lipinski definition) is 2. The second-order valence-corrected chi connectivity index (χ2v) is 4.29. The van der Waals surface area contributed by atoms with Gasteiger partial charge < -0.3 is 10.4 Å². The molecule has 5 nitrogen and oxygen atoms in total. The maximum atomic E-state index is 11.6. The number of aliphatic carboxylic acids is 1. The summed E-state index contributed by atoms with van der Waals surface area (Å²) in [7, 11) is 0. The Hall–Kier alpha value is -1.43. The summed E-state index contributed by atoms with van der Waals surface area (Å²) in [5.41, 5.74) is 0.775. The number of amides is 1. The molecule has 1 heterocycles. The SMILES string of the molecule is O=C(NC1(C(=O)O)CCC1)c1cscn1. The van der Waals surface area contributed by atoms with Gasteiger partial charge in [0, 0.05) is 5.38 Å². The van der Waals surface area contributed by atoms with Crippen LogP contribution < -0.4 is 5.32 Å². The molecular formula is C9H10N2O3S. The van der Waals surface area contributed by atoms with E-state index in [-0.39, 0.29) is 5.69 Å². The minimum absolute atomic E-state index is 0.285. The predicted octanol–water partition coefficient (Wildman–Crippen LogP) is 0.880. The summed E-state index contributed by atoms with van der Waals surface area (Å²) in [4.78, 5) is 26.4. The largest absolute Gasteiger partial charge is 0.480 e. The Morgan fingerprint density at radius 3 is 2.67 bits per heavy atom. The summed E-state index contributed by atoms with van der Waals surface area (Å²) in [6.07, 6.45) is 1.83. The molecule has 0 bridgehead atoms. The molecule has 1 saturated carbocycles. The highest BCUT2D eigenvalue weighted by molar-refractivity contribution is 7.07. The molecule has 6 heteroatoms. The molecule has 1 aliphatic carbocycles. The van der Waals surface area contributed by atoms with Crippen molar-refractivity contribution in [3.05, 3.63) is 16.6 Å². The number of thiazole rings is 1. The lowest BCUT2D eigenvalue weighted by Crippen LogP contribution is -2.59. The fourth-order valence-electron chi connectivity index (χ4n) is 1.53. The van der Waals surface area contributed by atoms with Crippen LogP contribution in [0, 0.1) is 0 Å². The highest BCUT2D eigenvalue weighted by atomic mass is 32.1. The van der Waals surface area contributed by atoms with Crippen molar-refractivity contribution in [2.24, 2.45) is 0 Å². The van der Waals surface area contributed by atoms with Crippen LogP contribution in [0.3, 0.4) is 0 Å². The molecule has 15 heavy (non-hydrogen) atoms. The standard InChI is InChI=1S/C9H10N2O3S/c12-7(6-4-15-5-10-6)11-9(8(13)14)2-1-3-9/h4-5H,1-3H2,(H,11,12)(H,13,14). The smallest absolute Gasteiger partial charge is 0.329 e. The van der Waals surface area contributed by atoms with Crippen molar-refractivity contribution < 1.29 is 14.7 Å². The Morgan fingerprint density at radius 2 is 2.27 bits per heavy atom. The van der Waals surface area contributed by atoms with Gasteiger partial charge in [0.25, 0.3) is 5.91 Å². The number of nitrogens with zero attached hydrogens (tertiary/aromatic N) is 1. The number of carbonyl (C=O) groups excluding carboxylic acids is 1. The lowest BCUT2D eigenvalue weighted by Gasteiger charge is -2.37. The summed E-state index contributed by atoms with van der Waals surface area (Å²) >= 11 is 1.31. The molecule has 1 amide bonds. The van der Waals surface area contributed by atoms with Gasteiger partial charge in [-0.2, -0.15) is 0 Å². The van der Waals surface area contributed by atoms with Crippen LogP contribution in [0.5, 0.6) is 0 Å². The zero-order chi connectivity index (χ0) is 10.9. The van der Waals surface area contributed by atoms with Crippen molar-refractivity contribution in [2.45, 2.75) is 24.8 Å². The maximum absolute atomic E-state index is 11.6. The van der Waals surface area contributed by atoms with Crippen LogP contribution in [0.15, 0.2) is 10.9 Å². The van der Waals surface area contributed by atoms with E-state index in [9.17, 15) is 9.59 Å². The molecule has 80 valence electrons. The summed E-state index contributed by atoms with van der Waals surface area (Å²) in [6, 6.07) is 0. The van der Waals surface area contributed by atoms with Gasteiger partial charge in [-0.3, -0.25) is 4.79 Å². The second kappa shape index (κ2) is 3.62. The van der Waals surface area contributed by atoms with E-state index in [4.69, 9.17) is 5.11 Å². The third-order valence-electron chi connectivity index (χ3n) is 2.63. The average molecular weight is 226 g/mol. The molecule has 0 unspecified atom stereocenters. The van der Waals surface area contributed by atoms with E-state index in [1.807, 2.05) is 0 Å². The summed E-state index contributed by atoms with van der Waals surface area (Å²) in [6.45, 7) is 0. The van der Waals surface area contributed by atoms with Crippen LogP contribution in [-0.2, 0) is 4.79 Å². The van der Waals surface area contributed by atoms with Crippen LogP contribution in [0.25, 0.3) is 0 Å². The van der Waals surface area contributed by atoms with Gasteiger partial charge in [0.1, 0.15) is 11.2 Å². The maximum Gasteiger partial charge on any atom is 0.329 e. The fourth-order valence-corrected chi connectivity index (χ4v) is 2.06. The van der Waals surface area contributed by atoms with E-state index >= 15 is 0 Å². The normalized spacial score (nSPS) is 17.9. The summed E-state index contributed by atoms with van der Waals surface area (Å²) < 4.78 is 0. The molecule has 2 rings (SSSR count). The van der Waals surface area contributed by atoms with E-state index < -0.39 is 17.4 Å². The summed E-state index contributed by atoms with van der Waals surface area (Å²) in [5.74, 6) is -1.37. The number of nitrogens with one attached hydrogen (secondary N) is 1. The zero-order valence-corrected chi connectivity index (χ0v) is 8.71. The number of hydrogen-bond acceptors (Lipinski definition) is 4. The molecule has 0 aliphatic heterocycles. The van der Waals surface area contributed by atoms with Gasteiger partial charge in [-0.25, -0.2) is 9.78 Å². The van der Waals surface area contributed by atoms with Gasteiger partial charge >= 0.3 is 5.97 Å². The minimum atomic E-state index is -1.05. The van der Waals surface area contributed by atoms with Gasteiger partial charge in [-0.1, -0.05) is 0 Å². The second-order valence-electron chi connectivity index (χ2n) is 3.57. The van der Waals surface area contributed by atoms with Crippen LogP contribution in [0.2, 0.25) is 0 Å². The Bertz CT molecular complexity index is 384. The Kier molecular flexibility index (Phi) is 2.44. The first-order valence-electron chi connectivity index (χ1n) is 4.58. The molecule has 0 saturated heterocycles. The number of carboxylic acids is 1. The number of aromatic nitrogens is 1. The van der Waals surface area contributed by atoms with Gasteiger partial charge in [-0.15, -0.1) is 11.3 Å². The molecule has 1 aromatic heterocycles.